The maximum atomic E-state index is 10.4. The first-order valence-corrected chi connectivity index (χ1v) is 2.66. The van der Waals surface area contributed by atoms with Crippen LogP contribution in [0, 0.1) is 0 Å². The molecule has 0 saturated carbocycles. The Labute approximate surface area is 58.5 Å². The van der Waals surface area contributed by atoms with Gasteiger partial charge in [-0.2, -0.15) is 0 Å². The molecule has 0 aliphatic rings. The first-order chi connectivity index (χ1) is 4.18. The predicted octanol–water partition coefficient (Wildman–Crippen LogP) is 0.00170. The Morgan fingerprint density at radius 1 is 1.89 bits per heavy atom. The van der Waals surface area contributed by atoms with E-state index in [1.165, 1.54) is 6.08 Å². The molecule has 0 unspecified atom stereocenters. The summed E-state index contributed by atoms with van der Waals surface area (Å²) < 4.78 is 4.43. The molecule has 0 bridgehead atoms. The van der Waals surface area contributed by atoms with E-state index >= 15 is 0 Å². The molecule has 2 N–H and O–H groups in total. The zero-order chi connectivity index (χ0) is 7.28. The molecule has 0 amide bonds. The minimum Gasteiger partial charge on any atom is -0.456 e. The third-order valence-electron chi connectivity index (χ3n) is 0.533. The summed E-state index contributed by atoms with van der Waals surface area (Å²) in [5.41, 5.74) is 4.90. The largest absolute Gasteiger partial charge is 0.456 e. The van der Waals surface area contributed by atoms with Gasteiger partial charge in [-0.1, -0.05) is 24.9 Å². The van der Waals surface area contributed by atoms with Crippen LogP contribution in [0.4, 0.5) is 0 Å². The number of hydrogen-bond acceptors (Lipinski definition) is 3. The second-order valence-electron chi connectivity index (χ2n) is 1.25. The summed E-state index contributed by atoms with van der Waals surface area (Å²) in [4.78, 5) is 10.1. The SMILES string of the molecule is C=CCOC(=O)C(N)=S. The van der Waals surface area contributed by atoms with Gasteiger partial charge in [-0.15, -0.1) is 0 Å². The first kappa shape index (κ1) is 8.10. The van der Waals surface area contributed by atoms with Crippen LogP contribution in [0.1, 0.15) is 0 Å². The van der Waals surface area contributed by atoms with Crippen LogP contribution >= 0.6 is 12.2 Å². The lowest BCUT2D eigenvalue weighted by atomic mass is 10.6. The van der Waals surface area contributed by atoms with Gasteiger partial charge in [-0.25, -0.2) is 4.79 Å². The average Bonchev–Trinajstić information content (AvgIpc) is 1.82. The van der Waals surface area contributed by atoms with Crippen LogP contribution in [0.15, 0.2) is 12.7 Å². The Hall–Kier alpha value is -0.900. The van der Waals surface area contributed by atoms with Crippen LogP contribution in [0.5, 0.6) is 0 Å². The fraction of sp³-hybridized carbons (Fsp3) is 0.200. The maximum absolute atomic E-state index is 10.4. The molecule has 0 saturated heterocycles. The monoisotopic (exact) mass is 145 g/mol. The summed E-state index contributed by atoms with van der Waals surface area (Å²) in [6, 6.07) is 0. The highest BCUT2D eigenvalue weighted by Crippen LogP contribution is 1.78. The van der Waals surface area contributed by atoms with E-state index in [1.807, 2.05) is 0 Å². The quantitative estimate of drug-likeness (QED) is 0.337. The normalized spacial score (nSPS) is 8.00. The van der Waals surface area contributed by atoms with E-state index in [4.69, 9.17) is 5.73 Å². The lowest BCUT2D eigenvalue weighted by Crippen LogP contribution is -2.23. The van der Waals surface area contributed by atoms with Gasteiger partial charge in [0.2, 0.25) is 0 Å². The van der Waals surface area contributed by atoms with Gasteiger partial charge in [0.1, 0.15) is 6.61 Å². The van der Waals surface area contributed by atoms with Crippen molar-refractivity contribution in [3.8, 4) is 0 Å². The van der Waals surface area contributed by atoms with Gasteiger partial charge >= 0.3 is 5.97 Å². The molecule has 0 fully saturated rings. The number of hydrogen-bond donors (Lipinski definition) is 1. The van der Waals surface area contributed by atoms with E-state index < -0.39 is 5.97 Å². The van der Waals surface area contributed by atoms with Gasteiger partial charge in [-0.3, -0.25) is 0 Å². The third-order valence-corrected chi connectivity index (χ3v) is 0.700. The Balaban J connectivity index is 3.51. The zero-order valence-corrected chi connectivity index (χ0v) is 5.61. The fourth-order valence-corrected chi connectivity index (χ4v) is 0.265. The second kappa shape index (κ2) is 4.03. The van der Waals surface area contributed by atoms with Crippen molar-refractivity contribution < 1.29 is 9.53 Å². The molecule has 0 aromatic heterocycles. The van der Waals surface area contributed by atoms with Crippen molar-refractivity contribution in [1.82, 2.24) is 0 Å². The number of esters is 1. The highest BCUT2D eigenvalue weighted by Gasteiger charge is 2.02. The van der Waals surface area contributed by atoms with E-state index in [0.29, 0.717) is 0 Å². The van der Waals surface area contributed by atoms with Crippen LogP contribution < -0.4 is 5.73 Å². The van der Waals surface area contributed by atoms with Crippen molar-refractivity contribution in [2.75, 3.05) is 6.61 Å². The molecule has 3 nitrogen and oxygen atoms in total. The van der Waals surface area contributed by atoms with Crippen molar-refractivity contribution >= 4 is 23.2 Å². The fourth-order valence-electron chi connectivity index (χ4n) is 0.206. The molecule has 50 valence electrons. The first-order valence-electron chi connectivity index (χ1n) is 2.26. The molecule has 0 heterocycles. The Morgan fingerprint density at radius 3 is 2.78 bits per heavy atom. The van der Waals surface area contributed by atoms with Crippen LogP contribution in [0.3, 0.4) is 0 Å². The average molecular weight is 145 g/mol. The van der Waals surface area contributed by atoms with E-state index in [2.05, 4.69) is 23.5 Å². The number of thiocarbonyl (C=S) groups is 1. The van der Waals surface area contributed by atoms with Crippen LogP contribution in [-0.2, 0) is 9.53 Å². The molecule has 0 aromatic carbocycles. The van der Waals surface area contributed by atoms with Gasteiger partial charge in [-0.05, 0) is 0 Å². The Morgan fingerprint density at radius 2 is 2.44 bits per heavy atom. The van der Waals surface area contributed by atoms with Crippen LogP contribution in [0.2, 0.25) is 0 Å². The van der Waals surface area contributed by atoms with Crippen molar-refractivity contribution in [2.45, 2.75) is 0 Å². The standard InChI is InChI=1S/C5H7NO2S/c1-2-3-8-5(7)4(6)9/h2H,1,3H2,(H2,6,9). The summed E-state index contributed by atoms with van der Waals surface area (Å²) in [7, 11) is 0. The third kappa shape index (κ3) is 3.66. The van der Waals surface area contributed by atoms with Crippen LogP contribution in [-0.4, -0.2) is 17.6 Å². The number of carbonyl (C=O) groups is 1. The molecule has 0 radical (unpaired) electrons. The lowest BCUT2D eigenvalue weighted by molar-refractivity contribution is -0.134. The summed E-state index contributed by atoms with van der Waals surface area (Å²) in [6.07, 6.45) is 1.44. The van der Waals surface area contributed by atoms with Gasteiger partial charge in [0.25, 0.3) is 0 Å². The molecule has 0 spiro atoms. The number of rotatable bonds is 2. The second-order valence-corrected chi connectivity index (χ2v) is 1.69. The van der Waals surface area contributed by atoms with Crippen molar-refractivity contribution in [3.05, 3.63) is 12.7 Å². The van der Waals surface area contributed by atoms with E-state index in [-0.39, 0.29) is 11.6 Å². The molecule has 9 heavy (non-hydrogen) atoms. The van der Waals surface area contributed by atoms with Crippen molar-refractivity contribution in [1.29, 1.82) is 0 Å². The Bertz CT molecular complexity index is 144. The maximum Gasteiger partial charge on any atom is 0.365 e. The van der Waals surface area contributed by atoms with Gasteiger partial charge in [0.05, 0.1) is 0 Å². The molecule has 0 rings (SSSR count). The van der Waals surface area contributed by atoms with E-state index in [1.54, 1.807) is 0 Å². The highest BCUT2D eigenvalue weighted by molar-refractivity contribution is 7.81. The molecule has 0 aromatic rings. The summed E-state index contributed by atoms with van der Waals surface area (Å²) in [5.74, 6) is -0.662. The van der Waals surface area contributed by atoms with Gasteiger partial charge in [0, 0.05) is 0 Å². The summed E-state index contributed by atoms with van der Waals surface area (Å²) in [6.45, 7) is 3.48. The van der Waals surface area contributed by atoms with Gasteiger partial charge < -0.3 is 10.5 Å². The molecule has 4 heteroatoms. The molecular weight excluding hydrogens is 138 g/mol. The number of ether oxygens (including phenoxy) is 1. The number of nitrogens with two attached hydrogens (primary N) is 1. The van der Waals surface area contributed by atoms with Crippen LogP contribution in [0.25, 0.3) is 0 Å². The summed E-state index contributed by atoms with van der Waals surface area (Å²) in [5, 5.41) is 0. The zero-order valence-electron chi connectivity index (χ0n) is 4.79. The lowest BCUT2D eigenvalue weighted by Gasteiger charge is -1.96. The smallest absolute Gasteiger partial charge is 0.365 e. The van der Waals surface area contributed by atoms with Crippen molar-refractivity contribution in [3.63, 3.8) is 0 Å². The minimum absolute atomic E-state index is 0.149. The highest BCUT2D eigenvalue weighted by atomic mass is 32.1. The molecule has 0 atom stereocenters. The summed E-state index contributed by atoms with van der Waals surface area (Å²) >= 11 is 4.30. The Kier molecular flexibility index (Phi) is 3.62. The van der Waals surface area contributed by atoms with E-state index in [9.17, 15) is 4.79 Å². The number of carbonyl (C=O) groups excluding carboxylic acids is 1. The topological polar surface area (TPSA) is 52.3 Å². The minimum atomic E-state index is -0.662. The molecular formula is C5H7NO2S. The van der Waals surface area contributed by atoms with Crippen molar-refractivity contribution in [2.24, 2.45) is 5.73 Å². The van der Waals surface area contributed by atoms with E-state index in [0.717, 1.165) is 0 Å². The van der Waals surface area contributed by atoms with Gasteiger partial charge in [0.15, 0.2) is 4.99 Å². The molecule has 0 aliphatic carbocycles. The molecule has 0 aliphatic heterocycles. The predicted molar refractivity (Wildman–Crippen MR) is 37.9 cm³/mol.